The smallest absolute Gasteiger partial charge is 0.224 e. The summed E-state index contributed by atoms with van der Waals surface area (Å²) in [6.45, 7) is 7.33. The van der Waals surface area contributed by atoms with E-state index in [0.717, 1.165) is 44.8 Å². The maximum Gasteiger partial charge on any atom is 0.224 e. The highest BCUT2D eigenvalue weighted by Crippen LogP contribution is 2.41. The Bertz CT molecular complexity index is 1720. The summed E-state index contributed by atoms with van der Waals surface area (Å²) in [6, 6.07) is 34.9. The number of para-hydroxylation sites is 2. The van der Waals surface area contributed by atoms with Crippen molar-refractivity contribution >= 4 is 5.69 Å². The number of nitrogens with zero attached hydrogens (tertiary/aromatic N) is 6. The second kappa shape index (κ2) is 9.73. The molecule has 6 aromatic rings. The molecular weight excluding hydrogens is 468 g/mol. The van der Waals surface area contributed by atoms with Crippen molar-refractivity contribution in [1.82, 2.24) is 19.6 Å². The lowest BCUT2D eigenvalue weighted by Gasteiger charge is -2.18. The van der Waals surface area contributed by atoms with E-state index in [-0.39, 0.29) is 0 Å². The largest absolute Gasteiger partial charge is 0.252 e. The number of hydrogen-bond acceptors (Lipinski definition) is 3. The van der Waals surface area contributed by atoms with Crippen LogP contribution in [0.5, 0.6) is 0 Å². The molecule has 0 fully saturated rings. The number of rotatable bonds is 5. The normalized spacial score (nSPS) is 10.6. The van der Waals surface area contributed by atoms with E-state index < -0.39 is 0 Å². The van der Waals surface area contributed by atoms with Crippen LogP contribution < -0.4 is 0 Å². The molecule has 2 heterocycles. The van der Waals surface area contributed by atoms with E-state index in [2.05, 4.69) is 57.5 Å². The minimum Gasteiger partial charge on any atom is -0.252 e. The van der Waals surface area contributed by atoms with Crippen molar-refractivity contribution in [3.05, 3.63) is 139 Å². The Labute approximate surface area is 220 Å². The van der Waals surface area contributed by atoms with Gasteiger partial charge in [0.15, 0.2) is 0 Å². The molecule has 0 radical (unpaired) electrons. The van der Waals surface area contributed by atoms with Crippen molar-refractivity contribution in [2.75, 3.05) is 0 Å². The maximum atomic E-state index is 9.31. The molecule has 0 aliphatic heterocycles. The number of benzene rings is 4. The van der Waals surface area contributed by atoms with Crippen molar-refractivity contribution < 1.29 is 0 Å². The molecule has 0 saturated heterocycles. The van der Waals surface area contributed by atoms with Crippen LogP contribution in [0.1, 0.15) is 5.56 Å². The van der Waals surface area contributed by atoms with E-state index in [1.807, 2.05) is 60.7 Å². The van der Waals surface area contributed by atoms with Gasteiger partial charge in [-0.25, -0.2) is 9.53 Å². The van der Waals surface area contributed by atoms with Crippen LogP contribution in [0.25, 0.3) is 49.6 Å². The van der Waals surface area contributed by atoms with Crippen LogP contribution in [0.2, 0.25) is 0 Å². The van der Waals surface area contributed by atoms with Gasteiger partial charge in [0.1, 0.15) is 6.07 Å². The molecule has 4 aromatic carbocycles. The van der Waals surface area contributed by atoms with E-state index in [4.69, 9.17) is 6.57 Å². The summed E-state index contributed by atoms with van der Waals surface area (Å²) < 4.78 is 3.50. The molecule has 6 nitrogen and oxygen atoms in total. The molecule has 0 bridgehead atoms. The van der Waals surface area contributed by atoms with Crippen molar-refractivity contribution in [2.45, 2.75) is 0 Å². The summed E-state index contributed by atoms with van der Waals surface area (Å²) in [6.07, 6.45) is 6.64. The first kappa shape index (κ1) is 22.7. The van der Waals surface area contributed by atoms with Gasteiger partial charge in [0, 0.05) is 23.5 Å². The fourth-order valence-electron chi connectivity index (χ4n) is 4.72. The van der Waals surface area contributed by atoms with Crippen LogP contribution in [0.15, 0.2) is 122 Å². The van der Waals surface area contributed by atoms with Crippen molar-refractivity contribution in [1.29, 1.82) is 5.26 Å². The number of hydrogen-bond donors (Lipinski definition) is 0. The average molecular weight is 489 g/mol. The second-order valence-electron chi connectivity index (χ2n) is 8.67. The molecule has 0 N–H and O–H groups in total. The number of nitriles is 1. The van der Waals surface area contributed by atoms with E-state index in [0.29, 0.717) is 11.3 Å². The van der Waals surface area contributed by atoms with Crippen LogP contribution in [-0.2, 0) is 0 Å². The predicted octanol–water partition coefficient (Wildman–Crippen LogP) is 7.48. The third-order valence-electron chi connectivity index (χ3n) is 6.44. The Balaban J connectivity index is 1.54. The monoisotopic (exact) mass is 488 g/mol. The highest BCUT2D eigenvalue weighted by molar-refractivity contribution is 5.94. The third kappa shape index (κ3) is 4.03. The fraction of sp³-hybridized carbons (Fsp3) is 0. The minimum absolute atomic E-state index is 0.494. The molecule has 0 unspecified atom stereocenters. The molecule has 0 spiro atoms. The average Bonchev–Trinajstić information content (AvgIpc) is 3.67. The Kier molecular flexibility index (Phi) is 5.82. The van der Waals surface area contributed by atoms with Crippen LogP contribution in [0.4, 0.5) is 5.69 Å². The Morgan fingerprint density at radius 2 is 1.00 bits per heavy atom. The summed E-state index contributed by atoms with van der Waals surface area (Å²) in [5, 5.41) is 18.2. The zero-order valence-electron chi connectivity index (χ0n) is 20.2. The Morgan fingerprint density at radius 1 is 0.579 bits per heavy atom. The molecule has 0 aliphatic rings. The molecular formula is C32H20N6. The zero-order valence-corrected chi connectivity index (χ0v) is 20.2. The van der Waals surface area contributed by atoms with Crippen LogP contribution >= 0.6 is 0 Å². The molecule has 6 heteroatoms. The molecule has 0 saturated carbocycles. The molecule has 178 valence electrons. The summed E-state index contributed by atoms with van der Waals surface area (Å²) >= 11 is 0. The molecule has 0 atom stereocenters. The molecule has 0 aliphatic carbocycles. The molecule has 6 rings (SSSR count). The lowest BCUT2D eigenvalue weighted by Crippen LogP contribution is -1.99. The Morgan fingerprint density at radius 3 is 1.45 bits per heavy atom. The van der Waals surface area contributed by atoms with Crippen molar-refractivity contribution in [3.8, 4) is 50.8 Å². The SMILES string of the molecule is [C-]#[N+]c1cnn(-c2ccccc2-c2ccccc2-c2ccccc2-c2ccccc2-n2cc(C#N)cn2)c1. The summed E-state index contributed by atoms with van der Waals surface area (Å²) in [5.41, 5.74) is 9.06. The topological polar surface area (TPSA) is 63.8 Å². The van der Waals surface area contributed by atoms with Gasteiger partial charge in [-0.05, 0) is 34.4 Å². The van der Waals surface area contributed by atoms with E-state index in [1.165, 1.54) is 0 Å². The van der Waals surface area contributed by atoms with Crippen LogP contribution in [-0.4, -0.2) is 19.6 Å². The minimum atomic E-state index is 0.494. The van der Waals surface area contributed by atoms with Gasteiger partial charge in [-0.2, -0.15) is 15.5 Å². The highest BCUT2D eigenvalue weighted by atomic mass is 15.3. The van der Waals surface area contributed by atoms with Gasteiger partial charge in [0.25, 0.3) is 0 Å². The van der Waals surface area contributed by atoms with Gasteiger partial charge >= 0.3 is 0 Å². The first-order valence-electron chi connectivity index (χ1n) is 12.0. The first-order chi connectivity index (χ1) is 18.8. The van der Waals surface area contributed by atoms with Gasteiger partial charge in [0.2, 0.25) is 5.69 Å². The lowest BCUT2D eigenvalue weighted by atomic mass is 9.88. The van der Waals surface area contributed by atoms with Crippen LogP contribution in [0.3, 0.4) is 0 Å². The van der Waals surface area contributed by atoms with Gasteiger partial charge in [0.05, 0.1) is 35.9 Å². The Hall–Kier alpha value is -5.72. The maximum absolute atomic E-state index is 9.31. The van der Waals surface area contributed by atoms with Crippen LogP contribution in [0, 0.1) is 17.9 Å². The standard InChI is InChI=1S/C32H20N6/c1-34-24-20-36-38(22-24)32-17-9-7-15-30(32)28-13-5-3-11-26(28)25-10-2-4-12-27(25)29-14-6-8-16-31(29)37-21-23(18-33)19-35-37/h2-17,19-22H. The van der Waals surface area contributed by atoms with Crippen molar-refractivity contribution in [3.63, 3.8) is 0 Å². The summed E-state index contributed by atoms with van der Waals surface area (Å²) in [7, 11) is 0. The first-order valence-corrected chi connectivity index (χ1v) is 12.0. The quantitative estimate of drug-likeness (QED) is 0.236. The number of aromatic nitrogens is 4. The zero-order chi connectivity index (χ0) is 25.9. The third-order valence-corrected chi connectivity index (χ3v) is 6.44. The van der Waals surface area contributed by atoms with Crippen molar-refractivity contribution in [2.24, 2.45) is 0 Å². The lowest BCUT2D eigenvalue weighted by molar-refractivity contribution is 0.882. The van der Waals surface area contributed by atoms with E-state index in [1.54, 1.807) is 34.2 Å². The summed E-state index contributed by atoms with van der Waals surface area (Å²) in [5.74, 6) is 0. The predicted molar refractivity (Wildman–Crippen MR) is 148 cm³/mol. The molecule has 38 heavy (non-hydrogen) atoms. The highest BCUT2D eigenvalue weighted by Gasteiger charge is 2.17. The molecule has 2 aromatic heterocycles. The fourth-order valence-corrected chi connectivity index (χ4v) is 4.72. The summed E-state index contributed by atoms with van der Waals surface area (Å²) in [4.78, 5) is 3.51. The van der Waals surface area contributed by atoms with E-state index >= 15 is 0 Å². The van der Waals surface area contributed by atoms with Gasteiger partial charge in [-0.15, -0.1) is 0 Å². The molecule has 0 amide bonds. The van der Waals surface area contributed by atoms with E-state index in [9.17, 15) is 5.26 Å². The second-order valence-corrected chi connectivity index (χ2v) is 8.67. The van der Waals surface area contributed by atoms with Gasteiger partial charge < -0.3 is 0 Å². The van der Waals surface area contributed by atoms with Gasteiger partial charge in [-0.3, -0.25) is 4.68 Å². The van der Waals surface area contributed by atoms with Gasteiger partial charge in [-0.1, -0.05) is 84.9 Å².